The minimum atomic E-state index is -0.658. The lowest BCUT2D eigenvalue weighted by Crippen LogP contribution is -2.44. The number of aryl methyl sites for hydroxylation is 1. The van der Waals surface area contributed by atoms with Crippen LogP contribution in [-0.2, 0) is 18.4 Å². The number of hydrogen-bond acceptors (Lipinski definition) is 3. The quantitative estimate of drug-likeness (QED) is 0.866. The maximum absolute atomic E-state index is 12.5. The van der Waals surface area contributed by atoms with Gasteiger partial charge in [-0.2, -0.15) is 0 Å². The van der Waals surface area contributed by atoms with Gasteiger partial charge in [-0.25, -0.2) is 0 Å². The fourth-order valence-electron chi connectivity index (χ4n) is 3.63. The van der Waals surface area contributed by atoms with E-state index < -0.39 is 11.1 Å². The number of hydrogen-bond donors (Lipinski definition) is 1. The zero-order chi connectivity index (χ0) is 17.8. The SMILES string of the molecule is Cn1c(=O)c(=O)n(CC(=O)NC2CCCCCCC2)c2ccccc21. The van der Waals surface area contributed by atoms with Crippen molar-refractivity contribution in [2.45, 2.75) is 57.5 Å². The number of fused-ring (bicyclic) bond motifs is 1. The lowest BCUT2D eigenvalue weighted by atomic mass is 9.97. The van der Waals surface area contributed by atoms with Crippen molar-refractivity contribution in [1.29, 1.82) is 0 Å². The van der Waals surface area contributed by atoms with Crippen LogP contribution in [0.3, 0.4) is 0 Å². The number of carbonyl (C=O) groups excluding carboxylic acids is 1. The maximum atomic E-state index is 12.5. The van der Waals surface area contributed by atoms with E-state index in [2.05, 4.69) is 5.32 Å². The lowest BCUT2D eigenvalue weighted by molar-refractivity contribution is -0.122. The third-order valence-corrected chi connectivity index (χ3v) is 5.04. The van der Waals surface area contributed by atoms with Crippen molar-refractivity contribution in [3.63, 3.8) is 0 Å². The third-order valence-electron chi connectivity index (χ3n) is 5.04. The molecule has 0 aliphatic heterocycles. The number of carbonyl (C=O) groups is 1. The molecule has 0 atom stereocenters. The molecule has 1 heterocycles. The Labute approximate surface area is 146 Å². The van der Waals surface area contributed by atoms with Crippen LogP contribution in [0, 0.1) is 0 Å². The fraction of sp³-hybridized carbons (Fsp3) is 0.526. The van der Waals surface area contributed by atoms with Crippen molar-refractivity contribution in [1.82, 2.24) is 14.5 Å². The van der Waals surface area contributed by atoms with E-state index in [1.165, 1.54) is 28.4 Å². The van der Waals surface area contributed by atoms with E-state index >= 15 is 0 Å². The van der Waals surface area contributed by atoms with Crippen LogP contribution in [0.5, 0.6) is 0 Å². The highest BCUT2D eigenvalue weighted by atomic mass is 16.2. The van der Waals surface area contributed by atoms with Crippen molar-refractivity contribution < 1.29 is 4.79 Å². The Balaban J connectivity index is 1.84. The molecule has 1 aliphatic carbocycles. The highest BCUT2D eigenvalue weighted by molar-refractivity contribution is 5.80. The summed E-state index contributed by atoms with van der Waals surface area (Å²) in [6, 6.07) is 7.32. The van der Waals surface area contributed by atoms with Gasteiger partial charge in [-0.05, 0) is 25.0 Å². The van der Waals surface area contributed by atoms with Gasteiger partial charge in [0.25, 0.3) is 0 Å². The zero-order valence-electron chi connectivity index (χ0n) is 14.7. The molecule has 3 rings (SSSR count). The number of benzene rings is 1. The van der Waals surface area contributed by atoms with Gasteiger partial charge in [0.2, 0.25) is 5.91 Å². The second-order valence-corrected chi connectivity index (χ2v) is 6.85. The van der Waals surface area contributed by atoms with Gasteiger partial charge in [0, 0.05) is 13.1 Å². The molecule has 1 N–H and O–H groups in total. The van der Waals surface area contributed by atoms with E-state index in [9.17, 15) is 14.4 Å². The Bertz CT molecular complexity index is 874. The van der Waals surface area contributed by atoms with E-state index in [4.69, 9.17) is 0 Å². The van der Waals surface area contributed by atoms with Crippen LogP contribution < -0.4 is 16.4 Å². The van der Waals surface area contributed by atoms with E-state index in [0.29, 0.717) is 11.0 Å². The predicted molar refractivity (Wildman–Crippen MR) is 97.7 cm³/mol. The van der Waals surface area contributed by atoms with Crippen LogP contribution >= 0.6 is 0 Å². The molecule has 1 aliphatic rings. The van der Waals surface area contributed by atoms with Gasteiger partial charge in [0.15, 0.2) is 0 Å². The number of rotatable bonds is 3. The van der Waals surface area contributed by atoms with Gasteiger partial charge >= 0.3 is 11.1 Å². The van der Waals surface area contributed by atoms with E-state index in [-0.39, 0.29) is 18.5 Å². The molecule has 25 heavy (non-hydrogen) atoms. The fourth-order valence-corrected chi connectivity index (χ4v) is 3.63. The molecule has 2 aromatic rings. The molecule has 1 saturated carbocycles. The largest absolute Gasteiger partial charge is 0.352 e. The van der Waals surface area contributed by atoms with Gasteiger partial charge in [0.1, 0.15) is 6.54 Å². The van der Waals surface area contributed by atoms with Crippen molar-refractivity contribution in [2.75, 3.05) is 0 Å². The van der Waals surface area contributed by atoms with Crippen LogP contribution in [0.25, 0.3) is 11.0 Å². The second kappa shape index (κ2) is 7.68. The van der Waals surface area contributed by atoms with Crippen LogP contribution in [0.15, 0.2) is 33.9 Å². The maximum Gasteiger partial charge on any atom is 0.317 e. The molecule has 0 bridgehead atoms. The van der Waals surface area contributed by atoms with Crippen molar-refractivity contribution in [2.24, 2.45) is 7.05 Å². The van der Waals surface area contributed by atoms with Gasteiger partial charge < -0.3 is 9.88 Å². The highest BCUT2D eigenvalue weighted by Gasteiger charge is 2.17. The first-order valence-corrected chi connectivity index (χ1v) is 9.06. The smallest absolute Gasteiger partial charge is 0.317 e. The predicted octanol–water partition coefficient (Wildman–Crippen LogP) is 1.93. The Kier molecular flexibility index (Phi) is 5.36. The molecule has 1 fully saturated rings. The van der Waals surface area contributed by atoms with Gasteiger partial charge in [-0.15, -0.1) is 0 Å². The molecule has 6 nitrogen and oxygen atoms in total. The molecule has 6 heteroatoms. The molecule has 0 unspecified atom stereocenters. The van der Waals surface area contributed by atoms with Gasteiger partial charge in [-0.3, -0.25) is 19.0 Å². The molecular formula is C19H25N3O3. The van der Waals surface area contributed by atoms with Crippen LogP contribution in [0.1, 0.15) is 44.9 Å². The Hall–Kier alpha value is -2.37. The number of amides is 1. The summed E-state index contributed by atoms with van der Waals surface area (Å²) in [5, 5.41) is 3.05. The Morgan fingerprint density at radius 2 is 1.60 bits per heavy atom. The summed E-state index contributed by atoms with van der Waals surface area (Å²) in [6.45, 7) is -0.119. The van der Waals surface area contributed by atoms with Crippen LogP contribution in [-0.4, -0.2) is 21.1 Å². The highest BCUT2D eigenvalue weighted by Crippen LogP contribution is 2.17. The first-order valence-electron chi connectivity index (χ1n) is 9.06. The van der Waals surface area contributed by atoms with E-state index in [1.54, 1.807) is 25.2 Å². The Morgan fingerprint density at radius 3 is 2.28 bits per heavy atom. The molecule has 1 amide bonds. The number of nitrogens with one attached hydrogen (secondary N) is 1. The average Bonchev–Trinajstić information content (AvgIpc) is 2.59. The summed E-state index contributed by atoms with van der Waals surface area (Å²) in [6.07, 6.45) is 7.92. The van der Waals surface area contributed by atoms with Gasteiger partial charge in [-0.1, -0.05) is 44.2 Å². The first kappa shape index (κ1) is 17.5. The Morgan fingerprint density at radius 1 is 1.00 bits per heavy atom. The second-order valence-electron chi connectivity index (χ2n) is 6.85. The first-order chi connectivity index (χ1) is 12.1. The summed E-state index contributed by atoms with van der Waals surface area (Å²) >= 11 is 0. The summed E-state index contributed by atoms with van der Waals surface area (Å²) in [4.78, 5) is 37.0. The molecule has 0 radical (unpaired) electrons. The summed E-state index contributed by atoms with van der Waals surface area (Å²) in [7, 11) is 1.57. The summed E-state index contributed by atoms with van der Waals surface area (Å²) in [5.41, 5.74) is -0.0280. The summed E-state index contributed by atoms with van der Waals surface area (Å²) in [5.74, 6) is -0.203. The van der Waals surface area contributed by atoms with E-state index in [0.717, 1.165) is 25.7 Å². The molecule has 0 spiro atoms. The van der Waals surface area contributed by atoms with E-state index in [1.807, 2.05) is 6.07 Å². The monoisotopic (exact) mass is 343 g/mol. The molecular weight excluding hydrogens is 318 g/mol. The lowest BCUT2D eigenvalue weighted by Gasteiger charge is -2.21. The third kappa shape index (κ3) is 3.83. The normalized spacial score (nSPS) is 16.4. The molecule has 134 valence electrons. The van der Waals surface area contributed by atoms with Crippen molar-refractivity contribution in [3.05, 3.63) is 45.0 Å². The van der Waals surface area contributed by atoms with Gasteiger partial charge in [0.05, 0.1) is 11.0 Å². The van der Waals surface area contributed by atoms with Crippen molar-refractivity contribution in [3.8, 4) is 0 Å². The van der Waals surface area contributed by atoms with Crippen LogP contribution in [0.2, 0.25) is 0 Å². The minimum Gasteiger partial charge on any atom is -0.352 e. The average molecular weight is 343 g/mol. The number of aromatic nitrogens is 2. The topological polar surface area (TPSA) is 73.1 Å². The number of para-hydroxylation sites is 2. The van der Waals surface area contributed by atoms with Crippen LogP contribution in [0.4, 0.5) is 0 Å². The van der Waals surface area contributed by atoms with Crippen molar-refractivity contribution >= 4 is 16.9 Å². The minimum absolute atomic E-state index is 0.119. The number of nitrogens with zero attached hydrogens (tertiary/aromatic N) is 2. The molecule has 0 saturated heterocycles. The molecule has 1 aromatic carbocycles. The summed E-state index contributed by atoms with van der Waals surface area (Å²) < 4.78 is 2.62. The molecule has 1 aromatic heterocycles. The zero-order valence-corrected chi connectivity index (χ0v) is 14.7. The standard InChI is InChI=1S/C19H25N3O3/c1-21-15-11-7-8-12-16(15)22(19(25)18(21)24)13-17(23)20-14-9-5-3-2-4-6-10-14/h7-8,11-12,14H,2-6,9-10,13H2,1H3,(H,20,23).